The monoisotopic (exact) mass is 662 g/mol. The zero-order valence-corrected chi connectivity index (χ0v) is 26.5. The summed E-state index contributed by atoms with van der Waals surface area (Å²) < 4.78 is 47.1. The number of halogens is 4. The summed E-state index contributed by atoms with van der Waals surface area (Å²) in [5.74, 6) is -4.63. The van der Waals surface area contributed by atoms with Gasteiger partial charge in [-0.1, -0.05) is 49.2 Å². The number of piperazine rings is 1. The topological polar surface area (TPSA) is 99.3 Å². The maximum Gasteiger partial charge on any atom is 0.410 e. The zero-order chi connectivity index (χ0) is 33.2. The van der Waals surface area contributed by atoms with Crippen molar-refractivity contribution < 1.29 is 37.1 Å². The summed E-state index contributed by atoms with van der Waals surface area (Å²) in [7, 11) is 1.17. The Balaban J connectivity index is 1.53. The fourth-order valence-corrected chi connectivity index (χ4v) is 7.01. The average Bonchev–Trinajstić information content (AvgIpc) is 3.42. The molecule has 248 valence electrons. The van der Waals surface area contributed by atoms with Gasteiger partial charge in [0.25, 0.3) is 11.8 Å². The van der Waals surface area contributed by atoms with Crippen LogP contribution in [-0.4, -0.2) is 78.4 Å². The van der Waals surface area contributed by atoms with Crippen molar-refractivity contribution in [2.75, 3.05) is 31.6 Å². The number of methoxy groups -OCH3 is 1. The highest BCUT2D eigenvalue weighted by atomic mass is 35.5. The molecule has 2 unspecified atom stereocenters. The van der Waals surface area contributed by atoms with E-state index in [2.05, 4.69) is 12.2 Å². The summed E-state index contributed by atoms with van der Waals surface area (Å²) in [5, 5.41) is 2.71. The number of carbonyl (C=O) groups is 4. The second-order valence-corrected chi connectivity index (χ2v) is 13.0. The Hall–Kier alpha value is -3.80. The Morgan fingerprint density at radius 3 is 2.46 bits per heavy atom. The molecule has 46 heavy (non-hydrogen) atoms. The van der Waals surface area contributed by atoms with Crippen LogP contribution in [0.15, 0.2) is 48.5 Å². The van der Waals surface area contributed by atoms with E-state index in [0.29, 0.717) is 12.3 Å². The number of anilines is 1. The number of hydrogen-bond donors (Lipinski definition) is 1. The standard InChI is InChI=1S/C33H38ClF3N4O5/c1-20-10-11-21(14-20)15-28(42)39-12-13-40(32(45)46-2)27(19-39)31(44)41(24-7-5-6-22(35)16-24)29(25-8-3-4-9-26(25)34)30(43)38-23-17-33(36,37)18-23/h3-9,16,20-21,23,27,29H,10-15,17-19H2,1-2H3,(H,38,43)/t20?,21?,27-,29+/m0/s1. The van der Waals surface area contributed by atoms with E-state index < -0.39 is 60.6 Å². The van der Waals surface area contributed by atoms with E-state index in [4.69, 9.17) is 16.3 Å². The van der Waals surface area contributed by atoms with Gasteiger partial charge in [0.2, 0.25) is 11.8 Å². The van der Waals surface area contributed by atoms with E-state index in [1.165, 1.54) is 47.2 Å². The van der Waals surface area contributed by atoms with Crippen LogP contribution in [0.4, 0.5) is 23.7 Å². The molecule has 1 N–H and O–H groups in total. The molecule has 2 aromatic carbocycles. The third-order valence-electron chi connectivity index (χ3n) is 9.16. The maximum atomic E-state index is 14.8. The first-order valence-corrected chi connectivity index (χ1v) is 15.9. The molecular weight excluding hydrogens is 625 g/mol. The molecule has 2 aliphatic carbocycles. The van der Waals surface area contributed by atoms with E-state index in [9.17, 15) is 32.3 Å². The molecule has 0 bridgehead atoms. The second kappa shape index (κ2) is 13.9. The third kappa shape index (κ3) is 7.43. The van der Waals surface area contributed by atoms with Crippen LogP contribution in [-0.2, 0) is 19.1 Å². The summed E-state index contributed by atoms with van der Waals surface area (Å²) in [6.45, 7) is 2.11. The van der Waals surface area contributed by atoms with Crippen LogP contribution in [0.1, 0.15) is 57.1 Å². The number of alkyl halides is 2. The molecule has 0 aromatic heterocycles. The highest BCUT2D eigenvalue weighted by molar-refractivity contribution is 6.31. The van der Waals surface area contributed by atoms with Crippen molar-refractivity contribution in [2.45, 2.75) is 69.5 Å². The van der Waals surface area contributed by atoms with Crippen molar-refractivity contribution in [1.29, 1.82) is 0 Å². The van der Waals surface area contributed by atoms with Gasteiger partial charge in [0.1, 0.15) is 17.9 Å². The minimum Gasteiger partial charge on any atom is -0.453 e. The molecule has 1 saturated heterocycles. The van der Waals surface area contributed by atoms with Gasteiger partial charge in [0, 0.05) is 54.7 Å². The van der Waals surface area contributed by atoms with E-state index in [1.54, 1.807) is 12.1 Å². The van der Waals surface area contributed by atoms with Crippen molar-refractivity contribution in [2.24, 2.45) is 11.8 Å². The Labute approximate surface area is 271 Å². The molecule has 0 radical (unpaired) electrons. The number of amides is 4. The van der Waals surface area contributed by atoms with E-state index >= 15 is 0 Å². The van der Waals surface area contributed by atoms with Gasteiger partial charge in [-0.05, 0) is 48.9 Å². The Bertz CT molecular complexity index is 1470. The third-order valence-corrected chi connectivity index (χ3v) is 9.50. The molecule has 4 atom stereocenters. The summed E-state index contributed by atoms with van der Waals surface area (Å²) >= 11 is 6.55. The number of nitrogens with zero attached hydrogens (tertiary/aromatic N) is 3. The minimum absolute atomic E-state index is 0.0208. The van der Waals surface area contributed by atoms with Gasteiger partial charge in [0.15, 0.2) is 0 Å². The lowest BCUT2D eigenvalue weighted by Crippen LogP contribution is -2.63. The van der Waals surface area contributed by atoms with Crippen molar-refractivity contribution in [3.05, 3.63) is 64.9 Å². The highest BCUT2D eigenvalue weighted by Gasteiger charge is 2.48. The summed E-state index contributed by atoms with van der Waals surface area (Å²) in [5.41, 5.74) is 0.131. The molecule has 1 heterocycles. The fourth-order valence-electron chi connectivity index (χ4n) is 6.77. The van der Waals surface area contributed by atoms with Crippen LogP contribution < -0.4 is 10.2 Å². The van der Waals surface area contributed by atoms with Crippen molar-refractivity contribution >= 4 is 41.1 Å². The predicted octanol–water partition coefficient (Wildman–Crippen LogP) is 5.57. The largest absolute Gasteiger partial charge is 0.453 e. The number of rotatable bonds is 8. The van der Waals surface area contributed by atoms with E-state index in [1.807, 2.05) is 0 Å². The molecule has 5 rings (SSSR count). The molecule has 0 spiro atoms. The lowest BCUT2D eigenvalue weighted by atomic mass is 9.87. The molecular formula is C33H38ClF3N4O5. The first kappa shape index (κ1) is 33.6. The Morgan fingerprint density at radius 1 is 1.09 bits per heavy atom. The second-order valence-electron chi connectivity index (χ2n) is 12.6. The normalized spacial score (nSPS) is 23.3. The highest BCUT2D eigenvalue weighted by Crippen LogP contribution is 2.39. The zero-order valence-electron chi connectivity index (χ0n) is 25.8. The maximum absolute atomic E-state index is 14.8. The smallest absolute Gasteiger partial charge is 0.410 e. The number of carbonyl (C=O) groups excluding carboxylic acids is 4. The van der Waals surface area contributed by atoms with E-state index in [-0.39, 0.29) is 47.7 Å². The van der Waals surface area contributed by atoms with Gasteiger partial charge in [-0.3, -0.25) is 24.2 Å². The molecule has 3 fully saturated rings. The quantitative estimate of drug-likeness (QED) is 0.399. The van der Waals surface area contributed by atoms with Crippen LogP contribution in [0.25, 0.3) is 0 Å². The van der Waals surface area contributed by atoms with Gasteiger partial charge in [-0.25, -0.2) is 18.0 Å². The van der Waals surface area contributed by atoms with Crippen LogP contribution in [0.2, 0.25) is 5.02 Å². The van der Waals surface area contributed by atoms with Gasteiger partial charge in [-0.2, -0.15) is 0 Å². The molecule has 1 aliphatic heterocycles. The van der Waals surface area contributed by atoms with Crippen LogP contribution in [0.3, 0.4) is 0 Å². The van der Waals surface area contributed by atoms with Gasteiger partial charge >= 0.3 is 6.09 Å². The SMILES string of the molecule is COC(=O)N1CCN(C(=O)CC2CCC(C)C2)C[C@H]1C(=O)N(c1cccc(F)c1)[C@@H](C(=O)NC1CC(F)(F)C1)c1ccccc1Cl. The first-order chi connectivity index (χ1) is 21.9. The number of benzene rings is 2. The summed E-state index contributed by atoms with van der Waals surface area (Å²) in [6, 6.07) is 7.53. The number of ether oxygens (including phenoxy) is 1. The molecule has 13 heteroatoms. The Morgan fingerprint density at radius 2 is 1.83 bits per heavy atom. The van der Waals surface area contributed by atoms with Crippen molar-refractivity contribution in [3.8, 4) is 0 Å². The molecule has 3 aliphatic rings. The average molecular weight is 663 g/mol. The van der Waals surface area contributed by atoms with Crippen LogP contribution >= 0.6 is 11.6 Å². The van der Waals surface area contributed by atoms with Crippen molar-refractivity contribution in [1.82, 2.24) is 15.1 Å². The van der Waals surface area contributed by atoms with Gasteiger partial charge < -0.3 is 15.0 Å². The number of nitrogens with one attached hydrogen (secondary N) is 1. The number of hydrogen-bond acceptors (Lipinski definition) is 5. The lowest BCUT2D eigenvalue weighted by molar-refractivity contribution is -0.139. The van der Waals surface area contributed by atoms with Crippen LogP contribution in [0, 0.1) is 17.7 Å². The van der Waals surface area contributed by atoms with Gasteiger partial charge in [0.05, 0.1) is 13.7 Å². The van der Waals surface area contributed by atoms with Crippen LogP contribution in [0.5, 0.6) is 0 Å². The molecule has 4 amide bonds. The molecule has 9 nitrogen and oxygen atoms in total. The lowest BCUT2D eigenvalue weighted by Gasteiger charge is -2.43. The molecule has 2 aromatic rings. The minimum atomic E-state index is -2.93. The predicted molar refractivity (Wildman–Crippen MR) is 165 cm³/mol. The first-order valence-electron chi connectivity index (χ1n) is 15.5. The Kier molecular flexibility index (Phi) is 10.1. The summed E-state index contributed by atoms with van der Waals surface area (Å²) in [6.07, 6.45) is 1.27. The molecule has 2 saturated carbocycles. The fraction of sp³-hybridized carbons (Fsp3) is 0.515. The van der Waals surface area contributed by atoms with Gasteiger partial charge in [-0.15, -0.1) is 0 Å². The van der Waals surface area contributed by atoms with Crippen molar-refractivity contribution in [3.63, 3.8) is 0 Å². The van der Waals surface area contributed by atoms with E-state index in [0.717, 1.165) is 30.2 Å². The summed E-state index contributed by atoms with van der Waals surface area (Å²) in [4.78, 5) is 58.9.